The first-order chi connectivity index (χ1) is 11.6. The van der Waals surface area contributed by atoms with E-state index in [0.29, 0.717) is 24.5 Å². The number of allylic oxidation sites excluding steroid dienone is 1. The number of anilines is 1. The van der Waals surface area contributed by atoms with Gasteiger partial charge < -0.3 is 11.5 Å². The molecular formula is C19H26N4O. The van der Waals surface area contributed by atoms with Crippen LogP contribution in [0.25, 0.3) is 5.57 Å². The van der Waals surface area contributed by atoms with E-state index in [2.05, 4.69) is 4.90 Å². The normalized spacial score (nSPS) is 21.2. The summed E-state index contributed by atoms with van der Waals surface area (Å²) in [5.74, 6) is 0.0227. The third kappa shape index (κ3) is 3.23. The van der Waals surface area contributed by atoms with Crippen molar-refractivity contribution in [2.24, 2.45) is 11.5 Å². The zero-order chi connectivity index (χ0) is 17.1. The van der Waals surface area contributed by atoms with Gasteiger partial charge in [0.1, 0.15) is 0 Å². The lowest BCUT2D eigenvalue weighted by Crippen LogP contribution is -2.42. The Morgan fingerprint density at radius 1 is 1.21 bits per heavy atom. The maximum atomic E-state index is 13.0. The van der Waals surface area contributed by atoms with Gasteiger partial charge in [0.2, 0.25) is 0 Å². The maximum Gasteiger partial charge on any atom is 0.260 e. The number of likely N-dealkylation sites (tertiary alicyclic amines) is 1. The van der Waals surface area contributed by atoms with E-state index in [-0.39, 0.29) is 5.91 Å². The second-order valence-electron chi connectivity index (χ2n) is 6.57. The number of para-hydroxylation sites is 1. The number of nitrogens with two attached hydrogens (primary N) is 2. The van der Waals surface area contributed by atoms with E-state index in [0.717, 1.165) is 29.9 Å². The van der Waals surface area contributed by atoms with Gasteiger partial charge in [0.15, 0.2) is 0 Å². The molecule has 5 heteroatoms. The molecule has 0 unspecified atom stereocenters. The Balaban J connectivity index is 1.93. The molecule has 0 atom stereocenters. The zero-order valence-corrected chi connectivity index (χ0v) is 14.3. The van der Waals surface area contributed by atoms with Gasteiger partial charge >= 0.3 is 0 Å². The van der Waals surface area contributed by atoms with E-state index < -0.39 is 0 Å². The molecule has 128 valence electrons. The molecule has 2 aliphatic heterocycles. The number of carbonyl (C=O) groups excluding carboxylic acids is 1. The van der Waals surface area contributed by atoms with Crippen molar-refractivity contribution in [1.29, 1.82) is 0 Å². The molecule has 0 saturated carbocycles. The zero-order valence-electron chi connectivity index (χ0n) is 14.3. The quantitative estimate of drug-likeness (QED) is 0.831. The second kappa shape index (κ2) is 7.20. The summed E-state index contributed by atoms with van der Waals surface area (Å²) in [6, 6.07) is 7.93. The first-order valence-corrected chi connectivity index (χ1v) is 8.62. The molecule has 3 rings (SSSR count). The highest BCUT2D eigenvalue weighted by molar-refractivity contribution is 6.32. The Bertz CT molecular complexity index is 686. The molecular weight excluding hydrogens is 300 g/mol. The number of piperidine rings is 1. The predicted octanol–water partition coefficient (Wildman–Crippen LogP) is 2.05. The van der Waals surface area contributed by atoms with Crippen LogP contribution >= 0.6 is 0 Å². The summed E-state index contributed by atoms with van der Waals surface area (Å²) in [6.07, 6.45) is 5.47. The van der Waals surface area contributed by atoms with Crippen LogP contribution < -0.4 is 16.4 Å². The second-order valence-corrected chi connectivity index (χ2v) is 6.57. The van der Waals surface area contributed by atoms with Crippen molar-refractivity contribution >= 4 is 17.2 Å². The summed E-state index contributed by atoms with van der Waals surface area (Å²) in [6.45, 7) is 5.04. The fraction of sp³-hybridized carbons (Fsp3) is 0.421. The summed E-state index contributed by atoms with van der Waals surface area (Å²) < 4.78 is 0. The minimum Gasteiger partial charge on any atom is -0.399 e. The topological polar surface area (TPSA) is 75.6 Å². The maximum absolute atomic E-state index is 13.0. The number of hydrogen-bond acceptors (Lipinski definition) is 4. The Morgan fingerprint density at radius 3 is 2.62 bits per heavy atom. The summed E-state index contributed by atoms with van der Waals surface area (Å²) in [5, 5.41) is 0. The van der Waals surface area contributed by atoms with Crippen LogP contribution in [0.15, 0.2) is 41.6 Å². The monoisotopic (exact) mass is 326 g/mol. The van der Waals surface area contributed by atoms with Crippen LogP contribution in [0, 0.1) is 0 Å². The molecule has 0 aromatic heterocycles. The number of carbonyl (C=O) groups is 1. The van der Waals surface area contributed by atoms with Crippen LogP contribution in [0.5, 0.6) is 0 Å². The number of fused-ring (bicyclic) bond motifs is 1. The molecule has 2 aliphatic rings. The summed E-state index contributed by atoms with van der Waals surface area (Å²) in [7, 11) is 0. The van der Waals surface area contributed by atoms with Crippen molar-refractivity contribution in [1.82, 2.24) is 4.90 Å². The van der Waals surface area contributed by atoms with Gasteiger partial charge in [-0.05, 0) is 50.6 Å². The highest BCUT2D eigenvalue weighted by Crippen LogP contribution is 2.37. The van der Waals surface area contributed by atoms with E-state index in [1.807, 2.05) is 36.1 Å². The lowest BCUT2D eigenvalue weighted by atomic mass is 10.1. The summed E-state index contributed by atoms with van der Waals surface area (Å²) in [4.78, 5) is 17.2. The number of benzene rings is 1. The molecule has 24 heavy (non-hydrogen) atoms. The van der Waals surface area contributed by atoms with Crippen molar-refractivity contribution in [2.45, 2.75) is 26.2 Å². The highest BCUT2D eigenvalue weighted by Gasteiger charge is 2.33. The first-order valence-electron chi connectivity index (χ1n) is 8.62. The molecule has 1 amide bonds. The number of amides is 1. The van der Waals surface area contributed by atoms with Crippen LogP contribution in [0.1, 0.15) is 31.7 Å². The molecule has 0 aliphatic carbocycles. The van der Waals surface area contributed by atoms with Gasteiger partial charge in [-0.1, -0.05) is 24.6 Å². The molecule has 1 aromatic rings. The van der Waals surface area contributed by atoms with Crippen LogP contribution in [0.3, 0.4) is 0 Å². The van der Waals surface area contributed by atoms with Crippen molar-refractivity contribution in [3.05, 3.63) is 47.2 Å². The SMILES string of the molecule is C/C(CN)=C(N)\C=C1/C(=O)N(CN2CCCCC2)c2ccccc21. The largest absolute Gasteiger partial charge is 0.399 e. The molecule has 0 spiro atoms. The van der Waals surface area contributed by atoms with Crippen LogP contribution in [0.4, 0.5) is 5.69 Å². The molecule has 2 heterocycles. The molecule has 1 saturated heterocycles. The van der Waals surface area contributed by atoms with Crippen LogP contribution in [-0.2, 0) is 4.79 Å². The minimum atomic E-state index is 0.0227. The average molecular weight is 326 g/mol. The lowest BCUT2D eigenvalue weighted by Gasteiger charge is -2.30. The van der Waals surface area contributed by atoms with E-state index in [9.17, 15) is 4.79 Å². The van der Waals surface area contributed by atoms with E-state index in [1.165, 1.54) is 19.3 Å². The fourth-order valence-electron chi connectivity index (χ4n) is 3.28. The van der Waals surface area contributed by atoms with Gasteiger partial charge in [0.05, 0.1) is 17.9 Å². The van der Waals surface area contributed by atoms with E-state index >= 15 is 0 Å². The number of rotatable bonds is 4. The molecule has 0 radical (unpaired) electrons. The standard InChI is InChI=1S/C19H26N4O/c1-14(12-20)17(21)11-16-15-7-3-4-8-18(15)23(19(16)24)13-22-9-5-2-6-10-22/h3-4,7-8,11H,2,5-6,9-10,12-13,20-21H2,1H3/b16-11-,17-14-. The third-order valence-electron chi connectivity index (χ3n) is 4.85. The van der Waals surface area contributed by atoms with Crippen LogP contribution in [-0.4, -0.2) is 37.1 Å². The van der Waals surface area contributed by atoms with Crippen molar-refractivity contribution in [3.8, 4) is 0 Å². The molecule has 4 N–H and O–H groups in total. The molecule has 1 fully saturated rings. The van der Waals surface area contributed by atoms with Gasteiger partial charge in [0, 0.05) is 17.8 Å². The Kier molecular flexibility index (Phi) is 5.02. The molecule has 5 nitrogen and oxygen atoms in total. The Hall–Kier alpha value is -2.11. The van der Waals surface area contributed by atoms with Crippen molar-refractivity contribution in [3.63, 3.8) is 0 Å². The predicted molar refractivity (Wildman–Crippen MR) is 98.1 cm³/mol. The Morgan fingerprint density at radius 2 is 1.92 bits per heavy atom. The van der Waals surface area contributed by atoms with Crippen LogP contribution in [0.2, 0.25) is 0 Å². The smallest absolute Gasteiger partial charge is 0.260 e. The Labute approximate surface area is 143 Å². The van der Waals surface area contributed by atoms with E-state index in [1.54, 1.807) is 6.08 Å². The number of nitrogens with zero attached hydrogens (tertiary/aromatic N) is 2. The van der Waals surface area contributed by atoms with Gasteiger partial charge in [0.25, 0.3) is 5.91 Å². The average Bonchev–Trinajstić information content (AvgIpc) is 2.88. The van der Waals surface area contributed by atoms with Gasteiger partial charge in [-0.3, -0.25) is 14.6 Å². The summed E-state index contributed by atoms with van der Waals surface area (Å²) >= 11 is 0. The first kappa shape index (κ1) is 16.7. The minimum absolute atomic E-state index is 0.0227. The van der Waals surface area contributed by atoms with Crippen molar-refractivity contribution in [2.75, 3.05) is 31.2 Å². The van der Waals surface area contributed by atoms with Gasteiger partial charge in [-0.15, -0.1) is 0 Å². The van der Waals surface area contributed by atoms with Crippen molar-refractivity contribution < 1.29 is 4.79 Å². The lowest BCUT2D eigenvalue weighted by molar-refractivity contribution is -0.113. The molecule has 0 bridgehead atoms. The number of hydrogen-bond donors (Lipinski definition) is 2. The third-order valence-corrected chi connectivity index (χ3v) is 4.85. The van der Waals surface area contributed by atoms with Gasteiger partial charge in [-0.25, -0.2) is 0 Å². The fourth-order valence-corrected chi connectivity index (χ4v) is 3.28. The highest BCUT2D eigenvalue weighted by atomic mass is 16.2. The molecule has 1 aromatic carbocycles. The van der Waals surface area contributed by atoms with E-state index in [4.69, 9.17) is 11.5 Å². The van der Waals surface area contributed by atoms with Gasteiger partial charge in [-0.2, -0.15) is 0 Å². The summed E-state index contributed by atoms with van der Waals surface area (Å²) in [5.41, 5.74) is 15.8.